The van der Waals surface area contributed by atoms with Crippen molar-refractivity contribution in [1.29, 1.82) is 0 Å². The van der Waals surface area contributed by atoms with E-state index in [1.165, 1.54) is 6.42 Å². The Balaban J connectivity index is 1.41. The normalized spacial score (nSPS) is 15.8. The molecule has 38 heavy (non-hydrogen) atoms. The third-order valence-electron chi connectivity index (χ3n) is 7.49. The maximum atomic E-state index is 14.2. The van der Waals surface area contributed by atoms with Crippen molar-refractivity contribution in [3.8, 4) is 11.5 Å². The molecule has 1 atom stereocenters. The van der Waals surface area contributed by atoms with Gasteiger partial charge in [-0.25, -0.2) is 0 Å². The summed E-state index contributed by atoms with van der Waals surface area (Å²) in [5, 5.41) is 4.26. The highest BCUT2D eigenvalue weighted by Gasteiger charge is 2.35. The van der Waals surface area contributed by atoms with Crippen LogP contribution in [0.25, 0.3) is 10.9 Å². The van der Waals surface area contributed by atoms with Crippen LogP contribution in [0.1, 0.15) is 49.3 Å². The van der Waals surface area contributed by atoms with Crippen LogP contribution in [-0.2, 0) is 16.0 Å². The first-order valence-corrected chi connectivity index (χ1v) is 13.3. The summed E-state index contributed by atoms with van der Waals surface area (Å²) in [5.41, 5.74) is 3.20. The Bertz CT molecular complexity index is 1440. The number of H-pyrrole nitrogens is 1. The first-order valence-electron chi connectivity index (χ1n) is 13.3. The third kappa shape index (κ3) is 4.84. The number of ether oxygens (including phenoxy) is 2. The number of carbonyl (C=O) groups is 2. The van der Waals surface area contributed by atoms with Gasteiger partial charge in [0.2, 0.25) is 18.6 Å². The lowest BCUT2D eigenvalue weighted by Crippen LogP contribution is -2.47. The van der Waals surface area contributed by atoms with Gasteiger partial charge in [-0.05, 0) is 42.2 Å². The van der Waals surface area contributed by atoms with E-state index in [9.17, 15) is 9.59 Å². The quantitative estimate of drug-likeness (QED) is 0.337. The Morgan fingerprint density at radius 1 is 0.921 bits per heavy atom. The molecule has 2 heterocycles. The first-order chi connectivity index (χ1) is 18.7. The molecule has 1 aromatic heterocycles. The van der Waals surface area contributed by atoms with Gasteiger partial charge in [0.1, 0.15) is 6.04 Å². The predicted octanol–water partition coefficient (Wildman–Crippen LogP) is 5.66. The van der Waals surface area contributed by atoms with Gasteiger partial charge in [-0.1, -0.05) is 67.8 Å². The van der Waals surface area contributed by atoms with E-state index < -0.39 is 6.04 Å². The van der Waals surface area contributed by atoms with E-state index in [-0.39, 0.29) is 31.1 Å². The van der Waals surface area contributed by atoms with E-state index in [2.05, 4.69) is 10.3 Å². The van der Waals surface area contributed by atoms with Gasteiger partial charge in [0, 0.05) is 34.9 Å². The van der Waals surface area contributed by atoms with Gasteiger partial charge in [-0.2, -0.15) is 0 Å². The maximum absolute atomic E-state index is 14.2. The van der Waals surface area contributed by atoms with Crippen LogP contribution in [0.2, 0.25) is 0 Å². The average Bonchev–Trinajstić information content (AvgIpc) is 3.59. The molecule has 0 unspecified atom stereocenters. The monoisotopic (exact) mass is 509 g/mol. The minimum atomic E-state index is -0.837. The van der Waals surface area contributed by atoms with Crippen molar-refractivity contribution in [3.63, 3.8) is 0 Å². The predicted molar refractivity (Wildman–Crippen MR) is 146 cm³/mol. The zero-order valence-corrected chi connectivity index (χ0v) is 21.2. The topological polar surface area (TPSA) is 83.7 Å². The van der Waals surface area contributed by atoms with Crippen molar-refractivity contribution in [2.75, 3.05) is 11.7 Å². The Hall–Kier alpha value is -4.26. The van der Waals surface area contributed by atoms with Crippen LogP contribution in [0.5, 0.6) is 11.5 Å². The Kier molecular flexibility index (Phi) is 6.73. The molecule has 1 aliphatic heterocycles. The number of nitrogens with zero attached hydrogens (tertiary/aromatic N) is 1. The molecule has 0 spiro atoms. The van der Waals surface area contributed by atoms with Crippen LogP contribution >= 0.6 is 0 Å². The van der Waals surface area contributed by atoms with Gasteiger partial charge in [0.05, 0.1) is 6.42 Å². The van der Waals surface area contributed by atoms with Crippen molar-refractivity contribution in [1.82, 2.24) is 10.3 Å². The highest BCUT2D eigenvalue weighted by Crippen LogP contribution is 2.38. The minimum absolute atomic E-state index is 0.116. The largest absolute Gasteiger partial charge is 0.454 e. The van der Waals surface area contributed by atoms with E-state index >= 15 is 0 Å². The van der Waals surface area contributed by atoms with Gasteiger partial charge in [0.25, 0.3) is 0 Å². The zero-order valence-electron chi connectivity index (χ0n) is 21.2. The number of aromatic nitrogens is 1. The summed E-state index contributed by atoms with van der Waals surface area (Å²) in [5.74, 6) is 0.835. The molecule has 1 fully saturated rings. The molecule has 0 saturated heterocycles. The first kappa shape index (κ1) is 24.1. The molecule has 194 valence electrons. The lowest BCUT2D eigenvalue weighted by molar-refractivity contribution is -0.127. The minimum Gasteiger partial charge on any atom is -0.454 e. The number of amides is 2. The number of para-hydroxylation sites is 1. The summed E-state index contributed by atoms with van der Waals surface area (Å²) in [7, 11) is 0. The molecule has 6 rings (SSSR count). The standard InChI is InChI=1S/C31H31N3O4/c35-29(17-22-19-32-26-14-8-7-13-25(22)26)34(24-15-16-27-28(18-24)38-20-37-27)30(21-9-3-1-4-10-21)31(36)33-23-11-5-2-6-12-23/h1,3-4,7-10,13-16,18-19,23,30,32H,2,5-6,11-12,17,20H2,(H,33,36)/t30-/m1/s1. The highest BCUT2D eigenvalue weighted by atomic mass is 16.7. The van der Waals surface area contributed by atoms with Gasteiger partial charge >= 0.3 is 0 Å². The van der Waals surface area contributed by atoms with Crippen molar-refractivity contribution in [2.24, 2.45) is 0 Å². The van der Waals surface area contributed by atoms with Crippen molar-refractivity contribution in [3.05, 3.63) is 90.1 Å². The Morgan fingerprint density at radius 2 is 1.68 bits per heavy atom. The molecule has 0 bridgehead atoms. The molecule has 4 aromatic rings. The van der Waals surface area contributed by atoms with E-state index in [1.807, 2.05) is 66.9 Å². The number of benzene rings is 3. The summed E-state index contributed by atoms with van der Waals surface area (Å²) in [6.45, 7) is 0.131. The molecular weight excluding hydrogens is 478 g/mol. The molecule has 2 N–H and O–H groups in total. The molecule has 2 amide bonds. The number of fused-ring (bicyclic) bond motifs is 2. The van der Waals surface area contributed by atoms with Crippen LogP contribution < -0.4 is 19.7 Å². The van der Waals surface area contributed by atoms with Crippen molar-refractivity contribution >= 4 is 28.4 Å². The van der Waals surface area contributed by atoms with Crippen molar-refractivity contribution < 1.29 is 19.1 Å². The Labute approximate surface area is 221 Å². The number of anilines is 1. The van der Waals surface area contributed by atoms with Gasteiger partial charge in [0.15, 0.2) is 11.5 Å². The zero-order chi connectivity index (χ0) is 25.9. The lowest BCUT2D eigenvalue weighted by Gasteiger charge is -2.33. The van der Waals surface area contributed by atoms with E-state index in [1.54, 1.807) is 17.0 Å². The SMILES string of the molecule is O=C(NC1CCCCC1)[C@@H](c1ccccc1)N(C(=O)Cc1c[nH]c2ccccc12)c1ccc2c(c1)OCO2. The van der Waals surface area contributed by atoms with Crippen LogP contribution in [0.4, 0.5) is 5.69 Å². The summed E-state index contributed by atoms with van der Waals surface area (Å²) in [6, 6.07) is 22.1. The molecule has 0 radical (unpaired) electrons. The van der Waals surface area contributed by atoms with Gasteiger partial charge in [-0.15, -0.1) is 0 Å². The molecule has 3 aromatic carbocycles. The van der Waals surface area contributed by atoms with Gasteiger partial charge < -0.3 is 19.8 Å². The van der Waals surface area contributed by atoms with Crippen LogP contribution in [0.15, 0.2) is 79.0 Å². The molecular formula is C31H31N3O4. The number of rotatable bonds is 7. The molecule has 2 aliphatic rings. The molecule has 7 heteroatoms. The summed E-state index contributed by atoms with van der Waals surface area (Å²) in [4.78, 5) is 33.1. The Morgan fingerprint density at radius 3 is 2.53 bits per heavy atom. The van der Waals surface area contributed by atoms with Crippen LogP contribution in [0, 0.1) is 0 Å². The fraction of sp³-hybridized carbons (Fsp3) is 0.290. The van der Waals surface area contributed by atoms with Crippen LogP contribution in [0.3, 0.4) is 0 Å². The molecule has 1 saturated carbocycles. The average molecular weight is 510 g/mol. The summed E-state index contributed by atoms with van der Waals surface area (Å²) < 4.78 is 11.1. The van der Waals surface area contributed by atoms with E-state index in [0.29, 0.717) is 17.2 Å². The number of hydrogen-bond donors (Lipinski definition) is 2. The maximum Gasteiger partial charge on any atom is 0.248 e. The number of hydrogen-bond acceptors (Lipinski definition) is 4. The third-order valence-corrected chi connectivity index (χ3v) is 7.49. The second kappa shape index (κ2) is 10.6. The molecule has 1 aliphatic carbocycles. The highest BCUT2D eigenvalue weighted by molar-refractivity contribution is 6.03. The second-order valence-electron chi connectivity index (χ2n) is 9.99. The van der Waals surface area contributed by atoms with E-state index in [0.717, 1.165) is 47.7 Å². The van der Waals surface area contributed by atoms with Gasteiger partial charge in [-0.3, -0.25) is 14.5 Å². The van der Waals surface area contributed by atoms with Crippen LogP contribution in [-0.4, -0.2) is 29.6 Å². The summed E-state index contributed by atoms with van der Waals surface area (Å²) in [6.07, 6.45) is 7.33. The number of carbonyl (C=O) groups excluding carboxylic acids is 2. The summed E-state index contributed by atoms with van der Waals surface area (Å²) >= 11 is 0. The number of nitrogens with one attached hydrogen (secondary N) is 2. The lowest BCUT2D eigenvalue weighted by atomic mass is 9.94. The smallest absolute Gasteiger partial charge is 0.248 e. The number of aromatic amines is 1. The fourth-order valence-corrected chi connectivity index (χ4v) is 5.58. The molecule has 7 nitrogen and oxygen atoms in total. The van der Waals surface area contributed by atoms with Crippen molar-refractivity contribution in [2.45, 2.75) is 50.6 Å². The van der Waals surface area contributed by atoms with E-state index in [4.69, 9.17) is 9.47 Å². The second-order valence-corrected chi connectivity index (χ2v) is 9.99. The fourth-order valence-electron chi connectivity index (χ4n) is 5.58.